The lowest BCUT2D eigenvalue weighted by Gasteiger charge is -2.15. The molecular weight excluding hydrogens is 305 g/mol. The molecule has 6 heteroatoms. The lowest BCUT2D eigenvalue weighted by Crippen LogP contribution is -2.12. The highest BCUT2D eigenvalue weighted by atomic mass is 19.4. The molecule has 0 saturated carbocycles. The van der Waals surface area contributed by atoms with Gasteiger partial charge >= 0.3 is 6.18 Å². The highest BCUT2D eigenvalue weighted by molar-refractivity contribution is 6.02. The van der Waals surface area contributed by atoms with Crippen molar-refractivity contribution >= 4 is 12.1 Å². The summed E-state index contributed by atoms with van der Waals surface area (Å²) < 4.78 is 39.5. The summed E-state index contributed by atoms with van der Waals surface area (Å²) in [4.78, 5) is 15.9. The van der Waals surface area contributed by atoms with E-state index in [1.807, 2.05) is 0 Å². The first-order valence-corrected chi connectivity index (χ1v) is 7.09. The molecule has 1 amide bonds. The Morgan fingerprint density at radius 2 is 1.87 bits per heavy atom. The molecule has 4 rings (SSSR count). The van der Waals surface area contributed by atoms with Gasteiger partial charge < -0.3 is 5.32 Å². The van der Waals surface area contributed by atoms with Gasteiger partial charge in [0.05, 0.1) is 12.1 Å². The van der Waals surface area contributed by atoms with Crippen LogP contribution in [-0.4, -0.2) is 12.1 Å². The number of alkyl halides is 3. The molecule has 116 valence electrons. The third kappa shape index (κ3) is 2.13. The summed E-state index contributed by atoms with van der Waals surface area (Å²) in [5, 5.41) is 2.71. The molecule has 1 N–H and O–H groups in total. The van der Waals surface area contributed by atoms with Crippen LogP contribution in [0.3, 0.4) is 0 Å². The molecule has 2 heterocycles. The van der Waals surface area contributed by atoms with E-state index in [1.54, 1.807) is 24.4 Å². The molecule has 23 heavy (non-hydrogen) atoms. The number of aliphatic imine (C=N–C) groups is 1. The SMILES string of the molecule is O=C1NCc2c1cccc2-c1cc(C(F)(F)F)cc2c1C=NC2. The van der Waals surface area contributed by atoms with E-state index in [1.165, 1.54) is 0 Å². The van der Waals surface area contributed by atoms with Gasteiger partial charge in [-0.3, -0.25) is 9.79 Å². The van der Waals surface area contributed by atoms with Gasteiger partial charge in [0.1, 0.15) is 0 Å². The van der Waals surface area contributed by atoms with Crippen LogP contribution in [0.15, 0.2) is 35.3 Å². The van der Waals surface area contributed by atoms with Crippen LogP contribution in [0.5, 0.6) is 0 Å². The van der Waals surface area contributed by atoms with Crippen molar-refractivity contribution in [3.8, 4) is 11.1 Å². The number of fused-ring (bicyclic) bond motifs is 2. The summed E-state index contributed by atoms with van der Waals surface area (Å²) in [5.74, 6) is -0.195. The molecule has 0 radical (unpaired) electrons. The summed E-state index contributed by atoms with van der Waals surface area (Å²) in [6.07, 6.45) is -2.81. The molecule has 0 aromatic heterocycles. The number of nitrogens with zero attached hydrogens (tertiary/aromatic N) is 1. The monoisotopic (exact) mass is 316 g/mol. The number of benzene rings is 2. The highest BCUT2D eigenvalue weighted by Gasteiger charge is 2.33. The van der Waals surface area contributed by atoms with Gasteiger partial charge in [-0.25, -0.2) is 0 Å². The molecule has 2 aliphatic rings. The molecule has 0 fully saturated rings. The summed E-state index contributed by atoms with van der Waals surface area (Å²) >= 11 is 0. The first kappa shape index (κ1) is 14.0. The smallest absolute Gasteiger partial charge is 0.348 e. The van der Waals surface area contributed by atoms with Gasteiger partial charge in [0.2, 0.25) is 0 Å². The molecular formula is C17H11F3N2O. The molecule has 2 aliphatic heterocycles. The lowest BCUT2D eigenvalue weighted by molar-refractivity contribution is -0.137. The van der Waals surface area contributed by atoms with Gasteiger partial charge in [-0.1, -0.05) is 12.1 Å². The minimum absolute atomic E-state index is 0.195. The predicted molar refractivity (Wildman–Crippen MR) is 79.3 cm³/mol. The molecule has 0 spiro atoms. The Labute approximate surface area is 129 Å². The van der Waals surface area contributed by atoms with E-state index in [-0.39, 0.29) is 12.5 Å². The van der Waals surface area contributed by atoms with Crippen molar-refractivity contribution in [3.05, 3.63) is 58.1 Å². The fourth-order valence-corrected chi connectivity index (χ4v) is 3.12. The van der Waals surface area contributed by atoms with E-state index in [9.17, 15) is 18.0 Å². The Hall–Kier alpha value is -2.63. The Balaban J connectivity index is 1.99. The van der Waals surface area contributed by atoms with Crippen LogP contribution in [-0.2, 0) is 19.3 Å². The van der Waals surface area contributed by atoms with E-state index in [0.717, 1.165) is 17.7 Å². The quantitative estimate of drug-likeness (QED) is 0.859. The van der Waals surface area contributed by atoms with Crippen molar-refractivity contribution in [2.24, 2.45) is 4.99 Å². The minimum atomic E-state index is -4.42. The zero-order valence-corrected chi connectivity index (χ0v) is 11.9. The number of amides is 1. The summed E-state index contributed by atoms with van der Waals surface area (Å²) in [5.41, 5.74) is 2.95. The van der Waals surface area contributed by atoms with Crippen molar-refractivity contribution in [1.29, 1.82) is 0 Å². The molecule has 0 saturated heterocycles. The van der Waals surface area contributed by atoms with Crippen molar-refractivity contribution in [3.63, 3.8) is 0 Å². The zero-order valence-electron chi connectivity index (χ0n) is 11.9. The molecule has 0 unspecified atom stereocenters. The second-order valence-electron chi connectivity index (χ2n) is 5.58. The number of halogens is 3. The van der Waals surface area contributed by atoms with Crippen molar-refractivity contribution in [1.82, 2.24) is 5.32 Å². The predicted octanol–water partition coefficient (Wildman–Crippen LogP) is 3.55. The highest BCUT2D eigenvalue weighted by Crippen LogP contribution is 2.39. The van der Waals surface area contributed by atoms with Crippen LogP contribution < -0.4 is 5.32 Å². The van der Waals surface area contributed by atoms with Crippen LogP contribution in [0.4, 0.5) is 13.2 Å². The topological polar surface area (TPSA) is 41.5 Å². The van der Waals surface area contributed by atoms with Gasteiger partial charge in [0, 0.05) is 23.9 Å². The van der Waals surface area contributed by atoms with Crippen molar-refractivity contribution in [2.75, 3.05) is 0 Å². The van der Waals surface area contributed by atoms with Crippen LogP contribution in [0.2, 0.25) is 0 Å². The number of carbonyl (C=O) groups is 1. The maximum Gasteiger partial charge on any atom is 0.416 e. The normalized spacial score (nSPS) is 15.5. The Bertz CT molecular complexity index is 869. The summed E-state index contributed by atoms with van der Waals surface area (Å²) in [7, 11) is 0. The van der Waals surface area contributed by atoms with Gasteiger partial charge in [0.15, 0.2) is 0 Å². The fourth-order valence-electron chi connectivity index (χ4n) is 3.12. The Kier molecular flexibility index (Phi) is 2.85. The van der Waals surface area contributed by atoms with E-state index >= 15 is 0 Å². The number of hydrogen-bond acceptors (Lipinski definition) is 2. The molecule has 0 atom stereocenters. The standard InChI is InChI=1S/C17H11F3N2O/c18-17(19,20)10-4-9-6-21-7-14(9)13(5-10)11-2-1-3-12-15(11)8-22-16(12)23/h1-5,7H,6,8H2,(H,22,23). The van der Waals surface area contributed by atoms with Crippen LogP contribution in [0.1, 0.15) is 32.6 Å². The van der Waals surface area contributed by atoms with Crippen molar-refractivity contribution in [2.45, 2.75) is 19.3 Å². The van der Waals surface area contributed by atoms with E-state index in [0.29, 0.717) is 34.4 Å². The first-order valence-electron chi connectivity index (χ1n) is 7.09. The Morgan fingerprint density at radius 3 is 2.65 bits per heavy atom. The largest absolute Gasteiger partial charge is 0.416 e. The summed E-state index contributed by atoms with van der Waals surface area (Å²) in [6.45, 7) is 0.574. The third-order valence-electron chi connectivity index (χ3n) is 4.21. The third-order valence-corrected chi connectivity index (χ3v) is 4.21. The number of hydrogen-bond donors (Lipinski definition) is 1. The maximum absolute atomic E-state index is 13.2. The molecule has 0 bridgehead atoms. The second-order valence-corrected chi connectivity index (χ2v) is 5.58. The van der Waals surface area contributed by atoms with Gasteiger partial charge in [-0.05, 0) is 40.5 Å². The lowest BCUT2D eigenvalue weighted by atomic mass is 9.90. The minimum Gasteiger partial charge on any atom is -0.348 e. The van der Waals surface area contributed by atoms with Crippen LogP contribution in [0.25, 0.3) is 11.1 Å². The molecule has 2 aromatic rings. The molecule has 3 nitrogen and oxygen atoms in total. The van der Waals surface area contributed by atoms with E-state index in [2.05, 4.69) is 10.3 Å². The zero-order chi connectivity index (χ0) is 16.2. The van der Waals surface area contributed by atoms with E-state index < -0.39 is 11.7 Å². The van der Waals surface area contributed by atoms with Gasteiger partial charge in [-0.15, -0.1) is 0 Å². The number of rotatable bonds is 1. The van der Waals surface area contributed by atoms with Gasteiger partial charge in [0.25, 0.3) is 5.91 Å². The van der Waals surface area contributed by atoms with Gasteiger partial charge in [-0.2, -0.15) is 13.2 Å². The average molecular weight is 316 g/mol. The van der Waals surface area contributed by atoms with Crippen LogP contribution in [0, 0.1) is 0 Å². The molecule has 2 aromatic carbocycles. The fraction of sp³-hybridized carbons (Fsp3) is 0.176. The molecule has 0 aliphatic carbocycles. The van der Waals surface area contributed by atoms with E-state index in [4.69, 9.17) is 0 Å². The van der Waals surface area contributed by atoms with Crippen molar-refractivity contribution < 1.29 is 18.0 Å². The average Bonchev–Trinajstić information content (AvgIpc) is 3.12. The Morgan fingerprint density at radius 1 is 1.09 bits per heavy atom. The maximum atomic E-state index is 13.2. The second kappa shape index (κ2) is 4.68. The van der Waals surface area contributed by atoms with Crippen LogP contribution >= 0.6 is 0 Å². The number of carbonyl (C=O) groups excluding carboxylic acids is 1. The number of nitrogens with one attached hydrogen (secondary N) is 1. The summed E-state index contributed by atoms with van der Waals surface area (Å²) in [6, 6.07) is 7.43. The first-order chi connectivity index (χ1) is 10.9.